The van der Waals surface area contributed by atoms with Crippen molar-refractivity contribution >= 4 is 26.9 Å². The van der Waals surface area contributed by atoms with E-state index in [0.29, 0.717) is 0 Å². The van der Waals surface area contributed by atoms with Gasteiger partial charge in [0.2, 0.25) is 0 Å². The van der Waals surface area contributed by atoms with Crippen LogP contribution in [0.1, 0.15) is 39.5 Å². The van der Waals surface area contributed by atoms with E-state index in [1.807, 2.05) is 0 Å². The molecule has 23 heavy (non-hydrogen) atoms. The maximum Gasteiger partial charge on any atom is 0.132 e. The molecule has 1 aliphatic heterocycles. The van der Waals surface area contributed by atoms with Gasteiger partial charge in [-0.25, -0.2) is 0 Å². The molecule has 1 aromatic heterocycles. The van der Waals surface area contributed by atoms with Crippen LogP contribution in [0.15, 0.2) is 16.5 Å². The van der Waals surface area contributed by atoms with Crippen LogP contribution < -0.4 is 10.8 Å². The van der Waals surface area contributed by atoms with Crippen LogP contribution in [-0.2, 0) is 0 Å². The van der Waals surface area contributed by atoms with Crippen LogP contribution >= 0.6 is 0 Å². The van der Waals surface area contributed by atoms with E-state index in [-0.39, 0.29) is 0 Å². The van der Waals surface area contributed by atoms with E-state index in [1.54, 1.807) is 0 Å². The standard InChI is InChI=1S/C19H37NOSi2/c1-6-20(7-2)14-11-17-23(15-9-8-10-16-23)19-13-12-18(21-19)22(3,4)5/h12-13H,6-11,14-17H2,1-5H3. The van der Waals surface area contributed by atoms with Crippen LogP contribution in [0.2, 0.25) is 37.8 Å². The molecule has 0 bridgehead atoms. The number of furan rings is 1. The summed E-state index contributed by atoms with van der Waals surface area (Å²) in [4.78, 5) is 2.57. The fraction of sp³-hybridized carbons (Fsp3) is 0.789. The van der Waals surface area contributed by atoms with Gasteiger partial charge >= 0.3 is 0 Å². The molecule has 2 heterocycles. The molecule has 4 heteroatoms. The summed E-state index contributed by atoms with van der Waals surface area (Å²) in [6.07, 6.45) is 5.66. The number of hydrogen-bond donors (Lipinski definition) is 0. The highest BCUT2D eigenvalue weighted by Gasteiger charge is 2.39. The quantitative estimate of drug-likeness (QED) is 0.646. The summed E-state index contributed by atoms with van der Waals surface area (Å²) < 4.78 is 6.51. The average molecular weight is 352 g/mol. The highest BCUT2D eigenvalue weighted by Crippen LogP contribution is 2.32. The van der Waals surface area contributed by atoms with Crippen molar-refractivity contribution in [1.29, 1.82) is 0 Å². The maximum atomic E-state index is 6.51. The largest absolute Gasteiger partial charge is 0.476 e. The van der Waals surface area contributed by atoms with Crippen LogP contribution in [0.4, 0.5) is 0 Å². The third kappa shape index (κ3) is 4.83. The van der Waals surface area contributed by atoms with Crippen molar-refractivity contribution in [3.8, 4) is 0 Å². The third-order valence-electron chi connectivity index (χ3n) is 5.70. The summed E-state index contributed by atoms with van der Waals surface area (Å²) in [7, 11) is -2.70. The van der Waals surface area contributed by atoms with Crippen molar-refractivity contribution in [2.45, 2.75) is 77.3 Å². The highest BCUT2D eigenvalue weighted by molar-refractivity contribution is 6.92. The van der Waals surface area contributed by atoms with E-state index >= 15 is 0 Å². The smallest absolute Gasteiger partial charge is 0.132 e. The van der Waals surface area contributed by atoms with Crippen LogP contribution in [0.25, 0.3) is 0 Å². The van der Waals surface area contributed by atoms with Gasteiger partial charge in [-0.15, -0.1) is 0 Å². The topological polar surface area (TPSA) is 16.4 Å². The molecule has 2 rings (SSSR count). The zero-order chi connectivity index (χ0) is 16.9. The average Bonchev–Trinajstić information content (AvgIpc) is 3.03. The van der Waals surface area contributed by atoms with Gasteiger partial charge in [-0.2, -0.15) is 0 Å². The predicted molar refractivity (Wildman–Crippen MR) is 108 cm³/mol. The lowest BCUT2D eigenvalue weighted by molar-refractivity contribution is 0.304. The summed E-state index contributed by atoms with van der Waals surface area (Å²) in [5.74, 6) is 0. The second-order valence-corrected chi connectivity index (χ2v) is 17.9. The Morgan fingerprint density at radius 1 is 1.04 bits per heavy atom. The molecule has 2 nitrogen and oxygen atoms in total. The third-order valence-corrected chi connectivity index (χ3v) is 12.7. The Morgan fingerprint density at radius 3 is 2.22 bits per heavy atom. The van der Waals surface area contributed by atoms with E-state index < -0.39 is 16.1 Å². The molecular weight excluding hydrogens is 314 g/mol. The minimum atomic E-state index is -1.38. The first-order chi connectivity index (χ1) is 10.9. The summed E-state index contributed by atoms with van der Waals surface area (Å²) in [5, 5.41) is 2.75. The van der Waals surface area contributed by atoms with Gasteiger partial charge < -0.3 is 9.32 Å². The highest BCUT2D eigenvalue weighted by atomic mass is 28.3. The summed E-state index contributed by atoms with van der Waals surface area (Å²) in [5.41, 5.74) is 0. The first kappa shape index (κ1) is 19.0. The van der Waals surface area contributed by atoms with Gasteiger partial charge in [-0.05, 0) is 44.2 Å². The first-order valence-corrected chi connectivity index (χ1v) is 15.9. The van der Waals surface area contributed by atoms with Crippen molar-refractivity contribution in [3.05, 3.63) is 12.1 Å². The summed E-state index contributed by atoms with van der Waals surface area (Å²) in [6, 6.07) is 9.05. The Balaban J connectivity index is 2.11. The molecule has 0 aromatic carbocycles. The van der Waals surface area contributed by atoms with Crippen LogP contribution in [0.3, 0.4) is 0 Å². The zero-order valence-corrected chi connectivity index (χ0v) is 18.1. The van der Waals surface area contributed by atoms with Gasteiger partial charge in [0.15, 0.2) is 0 Å². The molecule has 0 saturated carbocycles. The van der Waals surface area contributed by atoms with Crippen molar-refractivity contribution in [1.82, 2.24) is 4.90 Å². The monoisotopic (exact) mass is 351 g/mol. The van der Waals surface area contributed by atoms with Crippen LogP contribution in [-0.4, -0.2) is 40.7 Å². The lowest BCUT2D eigenvalue weighted by Gasteiger charge is -2.34. The molecule has 0 aliphatic carbocycles. The molecule has 0 N–H and O–H groups in total. The van der Waals surface area contributed by atoms with E-state index in [0.717, 1.165) is 0 Å². The van der Waals surface area contributed by atoms with Crippen molar-refractivity contribution in [3.63, 3.8) is 0 Å². The molecule has 0 amide bonds. The number of rotatable bonds is 8. The van der Waals surface area contributed by atoms with E-state index in [2.05, 4.69) is 50.5 Å². The normalized spacial score (nSPS) is 18.5. The van der Waals surface area contributed by atoms with E-state index in [1.165, 1.54) is 74.2 Å². The van der Waals surface area contributed by atoms with Gasteiger partial charge in [-0.3, -0.25) is 0 Å². The Morgan fingerprint density at radius 2 is 1.70 bits per heavy atom. The van der Waals surface area contributed by atoms with Crippen LogP contribution in [0.5, 0.6) is 0 Å². The minimum Gasteiger partial charge on any atom is -0.476 e. The predicted octanol–water partition coefficient (Wildman–Crippen LogP) is 4.40. The van der Waals surface area contributed by atoms with Crippen molar-refractivity contribution in [2.75, 3.05) is 19.6 Å². The SMILES string of the molecule is CCN(CC)CCC[Si]1(c2ccc([Si](C)(C)C)o2)CCCCC1. The summed E-state index contributed by atoms with van der Waals surface area (Å²) >= 11 is 0. The lowest BCUT2D eigenvalue weighted by atomic mass is 10.3. The maximum absolute atomic E-state index is 6.51. The fourth-order valence-corrected chi connectivity index (χ4v) is 10.1. The van der Waals surface area contributed by atoms with Gasteiger partial charge in [0.1, 0.15) is 16.1 Å². The zero-order valence-electron chi connectivity index (χ0n) is 16.1. The molecule has 1 fully saturated rings. The molecule has 1 aromatic rings. The van der Waals surface area contributed by atoms with Crippen molar-refractivity contribution < 1.29 is 4.42 Å². The lowest BCUT2D eigenvalue weighted by Crippen LogP contribution is -2.49. The van der Waals surface area contributed by atoms with E-state index in [9.17, 15) is 0 Å². The van der Waals surface area contributed by atoms with Gasteiger partial charge in [-0.1, -0.05) is 64.8 Å². The molecule has 132 valence electrons. The Hall–Kier alpha value is -0.326. The Kier molecular flexibility index (Phi) is 6.75. The minimum absolute atomic E-state index is 1.19. The van der Waals surface area contributed by atoms with E-state index in [4.69, 9.17) is 4.42 Å². The molecule has 0 spiro atoms. The first-order valence-electron chi connectivity index (χ1n) is 9.74. The second-order valence-electron chi connectivity index (χ2n) is 8.39. The summed E-state index contributed by atoms with van der Waals surface area (Å²) in [6.45, 7) is 15.4. The molecule has 0 unspecified atom stereocenters. The number of nitrogens with zero attached hydrogens (tertiary/aromatic N) is 1. The van der Waals surface area contributed by atoms with Crippen LogP contribution in [0, 0.1) is 0 Å². The van der Waals surface area contributed by atoms with Gasteiger partial charge in [0.05, 0.1) is 10.8 Å². The second kappa shape index (κ2) is 8.17. The number of hydrogen-bond acceptors (Lipinski definition) is 2. The molecule has 0 atom stereocenters. The van der Waals surface area contributed by atoms with Gasteiger partial charge in [0, 0.05) is 0 Å². The van der Waals surface area contributed by atoms with Gasteiger partial charge in [0.25, 0.3) is 0 Å². The van der Waals surface area contributed by atoms with Crippen molar-refractivity contribution in [2.24, 2.45) is 0 Å². The molecule has 1 saturated heterocycles. The Labute approximate surface area is 145 Å². The molecule has 0 radical (unpaired) electrons. The fourth-order valence-electron chi connectivity index (χ4n) is 4.06. The molecule has 1 aliphatic rings. The molecular formula is C19H37NOSi2. The Bertz CT molecular complexity index is 468.